The largest absolute Gasteiger partial charge is 0.488 e. The predicted octanol–water partition coefficient (Wildman–Crippen LogP) is 16.4. The number of rotatable bonds is 14. The number of ether oxygens (including phenoxy) is 2. The number of hydrogen-bond donors (Lipinski definition) is 2. The molecule has 0 saturated heterocycles. The average Bonchev–Trinajstić information content (AvgIpc) is 3.96. The van der Waals surface area contributed by atoms with Crippen molar-refractivity contribution in [3.8, 4) is 45.4 Å². The number of carboxylic acids is 1. The summed E-state index contributed by atoms with van der Waals surface area (Å²) in [6.45, 7) is 6.46. The quantitative estimate of drug-likeness (QED) is 0.113. The van der Waals surface area contributed by atoms with Crippen LogP contribution in [-0.4, -0.2) is 26.1 Å². The molecule has 0 aliphatic rings. The number of carboxylic acid groups (broad SMARTS) is 1. The third-order valence-corrected chi connectivity index (χ3v) is 13.4. The second-order valence-electron chi connectivity index (χ2n) is 16.7. The van der Waals surface area contributed by atoms with Gasteiger partial charge in [-0.1, -0.05) is 110 Å². The van der Waals surface area contributed by atoms with Gasteiger partial charge in [-0.05, 0) is 159 Å². The van der Waals surface area contributed by atoms with E-state index in [9.17, 15) is 23.5 Å². The van der Waals surface area contributed by atoms with E-state index in [1.165, 1.54) is 24.3 Å². The second kappa shape index (κ2) is 23.1. The van der Waals surface area contributed by atoms with E-state index in [1.807, 2.05) is 128 Å². The number of halogens is 6. The zero-order chi connectivity index (χ0) is 51.1. The van der Waals surface area contributed by atoms with Crippen LogP contribution in [0.3, 0.4) is 0 Å². The van der Waals surface area contributed by atoms with E-state index in [2.05, 4.69) is 41.7 Å². The van der Waals surface area contributed by atoms with E-state index in [-0.39, 0.29) is 40.8 Å². The molecule has 364 valence electrons. The van der Waals surface area contributed by atoms with E-state index < -0.39 is 5.97 Å². The molecular formula is C58H45Br2Cl2F2N3O5. The number of aromatic nitrogens is 2. The van der Waals surface area contributed by atoms with Crippen LogP contribution in [0, 0.1) is 25.5 Å². The van der Waals surface area contributed by atoms with Crippen LogP contribution in [0.15, 0.2) is 185 Å². The van der Waals surface area contributed by atoms with Gasteiger partial charge in [-0.25, -0.2) is 13.6 Å². The van der Waals surface area contributed by atoms with Crippen LogP contribution in [0.5, 0.6) is 11.5 Å². The number of hydrogen-bond acceptors (Lipinski definition) is 4. The molecule has 0 unspecified atom stereocenters. The van der Waals surface area contributed by atoms with Gasteiger partial charge in [0.15, 0.2) is 0 Å². The average molecular weight is 1130 g/mol. The maximum Gasteiger partial charge on any atom is 0.337 e. The van der Waals surface area contributed by atoms with Crippen LogP contribution in [-0.2, 0) is 13.2 Å². The Hall–Kier alpha value is -6.96. The molecule has 2 N–H and O–H groups in total. The smallest absolute Gasteiger partial charge is 0.337 e. The van der Waals surface area contributed by atoms with Crippen molar-refractivity contribution in [2.24, 2.45) is 0 Å². The van der Waals surface area contributed by atoms with E-state index in [1.54, 1.807) is 48.5 Å². The van der Waals surface area contributed by atoms with Gasteiger partial charge >= 0.3 is 5.97 Å². The minimum atomic E-state index is -1.09. The van der Waals surface area contributed by atoms with Crippen molar-refractivity contribution < 1.29 is 33.0 Å². The van der Waals surface area contributed by atoms with Crippen LogP contribution < -0.4 is 14.8 Å². The summed E-state index contributed by atoms with van der Waals surface area (Å²) in [7, 11) is 0. The Kier molecular flexibility index (Phi) is 16.5. The Morgan fingerprint density at radius 1 is 0.583 bits per heavy atom. The highest BCUT2D eigenvalue weighted by Gasteiger charge is 2.21. The van der Waals surface area contributed by atoms with Crippen LogP contribution in [0.25, 0.3) is 33.9 Å². The summed E-state index contributed by atoms with van der Waals surface area (Å²) >= 11 is 19.7. The number of carbonyl (C=O) groups is 2. The highest BCUT2D eigenvalue weighted by Crippen LogP contribution is 2.39. The van der Waals surface area contributed by atoms with Gasteiger partial charge in [-0.3, -0.25) is 4.79 Å². The van der Waals surface area contributed by atoms with Gasteiger partial charge in [0, 0.05) is 42.8 Å². The van der Waals surface area contributed by atoms with Crippen molar-refractivity contribution in [2.45, 2.75) is 40.0 Å². The number of amides is 1. The lowest BCUT2D eigenvalue weighted by molar-refractivity contribution is 0.0696. The highest BCUT2D eigenvalue weighted by atomic mass is 79.9. The number of carbonyl (C=O) groups excluding carboxylic acids is 1. The lowest BCUT2D eigenvalue weighted by Crippen LogP contribution is -2.27. The molecule has 72 heavy (non-hydrogen) atoms. The summed E-state index contributed by atoms with van der Waals surface area (Å²) in [5.74, 6) is -0.601. The molecule has 1 amide bonds. The van der Waals surface area contributed by atoms with Gasteiger partial charge in [0.1, 0.15) is 36.3 Å². The number of nitrogens with zero attached hydrogens (tertiary/aromatic N) is 2. The zero-order valence-electron chi connectivity index (χ0n) is 39.0. The number of aromatic carboxylic acids is 1. The molecule has 9 rings (SSSR count). The van der Waals surface area contributed by atoms with Gasteiger partial charge in [0.25, 0.3) is 5.91 Å². The van der Waals surface area contributed by atoms with Crippen molar-refractivity contribution in [3.63, 3.8) is 0 Å². The minimum Gasteiger partial charge on any atom is -0.488 e. The van der Waals surface area contributed by atoms with E-state index in [4.69, 9.17) is 32.7 Å². The standard InChI is InChI=1S/C33H27BrClFN2O2.C25H18BrClFNO3/c1-21-8-16-31(29-18-25(34)11-17-32(29)40-20-23-9-12-26(36)13-10-23)38(21)27-14-15-30(35)28(19-27)33(39)37-22(2)24-6-4-3-5-7-24;1-15-2-10-23(29(15)19-8-9-22(27)20(13-19)25(30)31)21-12-17(26)5-11-24(21)32-14-16-3-6-18(28)7-4-16/h3-19,22H,20H2,1-2H3,(H,37,39);2-13H,14H2,1H3,(H,30,31)/t22-;/m0./s1. The fourth-order valence-electron chi connectivity index (χ4n) is 8.07. The number of benzene rings is 7. The van der Waals surface area contributed by atoms with E-state index in [0.29, 0.717) is 34.4 Å². The first-order valence-electron chi connectivity index (χ1n) is 22.5. The fraction of sp³-hybridized carbons (Fsp3) is 0.103. The normalized spacial score (nSPS) is 11.3. The third kappa shape index (κ3) is 12.2. The molecule has 2 aromatic heterocycles. The summed E-state index contributed by atoms with van der Waals surface area (Å²) in [5, 5.41) is 13.1. The number of aryl methyl sites for hydroxylation is 2. The minimum absolute atomic E-state index is 0.0326. The van der Waals surface area contributed by atoms with Crippen LogP contribution in [0.2, 0.25) is 10.0 Å². The highest BCUT2D eigenvalue weighted by molar-refractivity contribution is 9.10. The summed E-state index contributed by atoms with van der Waals surface area (Å²) in [6.07, 6.45) is 0. The Morgan fingerprint density at radius 2 is 1.03 bits per heavy atom. The first kappa shape index (κ1) is 51.4. The molecular weight excluding hydrogens is 1090 g/mol. The van der Waals surface area contributed by atoms with Crippen molar-refractivity contribution in [3.05, 3.63) is 246 Å². The lowest BCUT2D eigenvalue weighted by Gasteiger charge is -2.18. The van der Waals surface area contributed by atoms with Crippen LogP contribution in [0.1, 0.15) is 61.8 Å². The summed E-state index contributed by atoms with van der Waals surface area (Å²) in [4.78, 5) is 24.9. The fourth-order valence-corrected chi connectivity index (χ4v) is 9.19. The monoisotopic (exact) mass is 1130 g/mol. The molecule has 0 spiro atoms. The molecule has 1 atom stereocenters. The molecule has 0 fully saturated rings. The van der Waals surface area contributed by atoms with Gasteiger partial charge in [-0.2, -0.15) is 0 Å². The molecule has 0 aliphatic heterocycles. The van der Waals surface area contributed by atoms with Crippen LogP contribution in [0.4, 0.5) is 8.78 Å². The predicted molar refractivity (Wildman–Crippen MR) is 288 cm³/mol. The zero-order valence-corrected chi connectivity index (χ0v) is 43.7. The first-order valence-corrected chi connectivity index (χ1v) is 24.9. The Balaban J connectivity index is 0.000000197. The molecule has 0 aliphatic carbocycles. The van der Waals surface area contributed by atoms with Gasteiger partial charge < -0.3 is 29.0 Å². The maximum atomic E-state index is 13.3. The van der Waals surface area contributed by atoms with Crippen molar-refractivity contribution >= 4 is 66.9 Å². The molecule has 0 bridgehead atoms. The van der Waals surface area contributed by atoms with Gasteiger partial charge in [-0.15, -0.1) is 0 Å². The lowest BCUT2D eigenvalue weighted by atomic mass is 10.1. The molecule has 7 aromatic carbocycles. The molecule has 8 nitrogen and oxygen atoms in total. The summed E-state index contributed by atoms with van der Waals surface area (Å²) < 4.78 is 44.6. The first-order chi connectivity index (χ1) is 34.6. The summed E-state index contributed by atoms with van der Waals surface area (Å²) in [6, 6.07) is 51.9. The van der Waals surface area contributed by atoms with E-state index in [0.717, 1.165) is 65.2 Å². The third-order valence-electron chi connectivity index (χ3n) is 11.7. The Labute approximate surface area is 442 Å². The van der Waals surface area contributed by atoms with Crippen molar-refractivity contribution in [1.29, 1.82) is 0 Å². The molecule has 2 heterocycles. The maximum absolute atomic E-state index is 13.3. The van der Waals surface area contributed by atoms with Crippen LogP contribution >= 0.6 is 55.1 Å². The van der Waals surface area contributed by atoms with Crippen molar-refractivity contribution in [2.75, 3.05) is 0 Å². The molecule has 14 heteroatoms. The second-order valence-corrected chi connectivity index (χ2v) is 19.4. The Morgan fingerprint density at radius 3 is 1.49 bits per heavy atom. The van der Waals surface area contributed by atoms with Gasteiger partial charge in [0.05, 0.1) is 38.6 Å². The molecule has 0 radical (unpaired) electrons. The molecule has 0 saturated carbocycles. The van der Waals surface area contributed by atoms with Gasteiger partial charge in [0.2, 0.25) is 0 Å². The molecule has 9 aromatic rings. The summed E-state index contributed by atoms with van der Waals surface area (Å²) in [5.41, 5.74) is 9.91. The topological polar surface area (TPSA) is 94.7 Å². The number of nitrogens with one attached hydrogen (secondary N) is 1. The SMILES string of the molecule is Cc1ccc(-c2cc(Br)ccc2OCc2ccc(F)cc2)n1-c1ccc(Cl)c(C(=O)N[C@@H](C)c2ccccc2)c1.Cc1ccc(-c2cc(Br)ccc2OCc2ccc(F)cc2)n1-c1ccc(Cl)c(C(=O)O)c1. The Bertz CT molecular complexity index is 3400. The van der Waals surface area contributed by atoms with Crippen molar-refractivity contribution in [1.82, 2.24) is 14.5 Å². The van der Waals surface area contributed by atoms with E-state index >= 15 is 0 Å².